The number of nitrogens with zero attached hydrogens (tertiary/aromatic N) is 4. The van der Waals surface area contributed by atoms with Crippen molar-refractivity contribution in [1.82, 2.24) is 19.8 Å². The van der Waals surface area contributed by atoms with E-state index in [1.807, 2.05) is 32.9 Å². The molecule has 0 saturated carbocycles. The van der Waals surface area contributed by atoms with Crippen LogP contribution in [0.5, 0.6) is 0 Å². The Morgan fingerprint density at radius 2 is 1.81 bits per heavy atom. The second kappa shape index (κ2) is 7.51. The number of nitrogens with one attached hydrogen (secondary N) is 1. The third-order valence-corrected chi connectivity index (χ3v) is 4.45. The number of anilines is 2. The van der Waals surface area contributed by atoms with Crippen molar-refractivity contribution in [2.45, 2.75) is 20.8 Å². The monoisotopic (exact) mass is 353 g/mol. The van der Waals surface area contributed by atoms with Gasteiger partial charge < -0.3 is 15.1 Å². The number of carbonyl (C=O) groups is 2. The molecule has 0 atom stereocenters. The average molecular weight is 353 g/mol. The fourth-order valence-electron chi connectivity index (χ4n) is 3.00. The van der Waals surface area contributed by atoms with E-state index in [2.05, 4.69) is 21.4 Å². The van der Waals surface area contributed by atoms with E-state index in [1.54, 1.807) is 15.9 Å². The van der Waals surface area contributed by atoms with Crippen molar-refractivity contribution >= 4 is 24.0 Å². The fourth-order valence-corrected chi connectivity index (χ4v) is 3.00. The summed E-state index contributed by atoms with van der Waals surface area (Å²) in [4.78, 5) is 35.8. The third-order valence-electron chi connectivity index (χ3n) is 4.45. The van der Waals surface area contributed by atoms with E-state index < -0.39 is 0 Å². The van der Waals surface area contributed by atoms with Crippen LogP contribution in [0, 0.1) is 20.8 Å². The highest BCUT2D eigenvalue weighted by Gasteiger charge is 2.23. The Kier molecular flexibility index (Phi) is 5.16. The first-order valence-corrected chi connectivity index (χ1v) is 8.65. The van der Waals surface area contributed by atoms with E-state index in [0.717, 1.165) is 23.4 Å². The van der Waals surface area contributed by atoms with Crippen LogP contribution in [0.2, 0.25) is 0 Å². The maximum absolute atomic E-state index is 12.8. The number of hydrogen-bond donors (Lipinski definition) is 1. The van der Waals surface area contributed by atoms with Crippen molar-refractivity contribution < 1.29 is 9.59 Å². The molecule has 1 aromatic heterocycles. The lowest BCUT2D eigenvalue weighted by Gasteiger charge is -2.32. The zero-order valence-corrected chi connectivity index (χ0v) is 15.3. The molecule has 2 amide bonds. The Morgan fingerprint density at radius 1 is 1.08 bits per heavy atom. The van der Waals surface area contributed by atoms with Crippen LogP contribution >= 0.6 is 0 Å². The first-order valence-electron chi connectivity index (χ1n) is 8.65. The van der Waals surface area contributed by atoms with Crippen LogP contribution in [0.25, 0.3) is 0 Å². The van der Waals surface area contributed by atoms with Crippen LogP contribution in [0.3, 0.4) is 0 Å². The Bertz CT molecular complexity index is 829. The molecule has 7 nitrogen and oxygen atoms in total. The quantitative estimate of drug-likeness (QED) is 0.851. The van der Waals surface area contributed by atoms with Gasteiger partial charge >= 0.3 is 0 Å². The molecule has 7 heteroatoms. The summed E-state index contributed by atoms with van der Waals surface area (Å²) in [6, 6.07) is 7.78. The summed E-state index contributed by atoms with van der Waals surface area (Å²) in [5, 5.41) is 3.21. The Hall–Kier alpha value is -2.96. The zero-order valence-electron chi connectivity index (χ0n) is 15.3. The minimum absolute atomic E-state index is 0.135. The van der Waals surface area contributed by atoms with Gasteiger partial charge in [-0.05, 0) is 38.5 Å². The number of amides is 2. The number of rotatable bonds is 4. The molecule has 0 aliphatic carbocycles. The minimum Gasteiger partial charge on any atom is -0.342 e. The largest absolute Gasteiger partial charge is 0.342 e. The summed E-state index contributed by atoms with van der Waals surface area (Å²) >= 11 is 0. The highest BCUT2D eigenvalue weighted by molar-refractivity contribution is 5.93. The second-order valence-corrected chi connectivity index (χ2v) is 6.60. The molecule has 2 aromatic rings. The zero-order chi connectivity index (χ0) is 18.7. The van der Waals surface area contributed by atoms with Crippen molar-refractivity contribution in [2.24, 2.45) is 0 Å². The SMILES string of the molecule is Cc1ccc(Nc2nc(C)cc(C(=O)N3CCN(C=O)CC3)n2)c(C)c1. The first-order chi connectivity index (χ1) is 12.5. The molecule has 0 unspecified atom stereocenters. The summed E-state index contributed by atoms with van der Waals surface area (Å²) in [5.41, 5.74) is 4.28. The normalized spacial score (nSPS) is 14.3. The van der Waals surface area contributed by atoms with E-state index in [1.165, 1.54) is 5.56 Å². The van der Waals surface area contributed by atoms with Gasteiger partial charge in [0.15, 0.2) is 0 Å². The van der Waals surface area contributed by atoms with Crippen LogP contribution in [0.15, 0.2) is 24.3 Å². The smallest absolute Gasteiger partial charge is 0.272 e. The van der Waals surface area contributed by atoms with E-state index >= 15 is 0 Å². The van der Waals surface area contributed by atoms with Crippen molar-refractivity contribution in [3.63, 3.8) is 0 Å². The molecule has 1 aromatic carbocycles. The molecule has 1 aliphatic rings. The van der Waals surface area contributed by atoms with Gasteiger partial charge in [0.2, 0.25) is 12.4 Å². The van der Waals surface area contributed by atoms with Gasteiger partial charge in [-0.15, -0.1) is 0 Å². The number of piperazine rings is 1. The summed E-state index contributed by atoms with van der Waals surface area (Å²) < 4.78 is 0. The molecule has 2 heterocycles. The average Bonchev–Trinajstić information content (AvgIpc) is 2.63. The predicted octanol–water partition coefficient (Wildman–Crippen LogP) is 2.06. The molecule has 3 rings (SSSR count). The maximum atomic E-state index is 12.8. The van der Waals surface area contributed by atoms with Gasteiger partial charge in [0.1, 0.15) is 5.69 Å². The molecule has 26 heavy (non-hydrogen) atoms. The van der Waals surface area contributed by atoms with Gasteiger partial charge in [0, 0.05) is 37.6 Å². The lowest BCUT2D eigenvalue weighted by molar-refractivity contribution is -0.119. The standard InChI is InChI=1S/C19H23N5O2/c1-13-4-5-16(14(2)10-13)21-19-20-15(3)11-17(22-19)18(26)24-8-6-23(12-25)7-9-24/h4-5,10-12H,6-9H2,1-3H3,(H,20,21,22). The highest BCUT2D eigenvalue weighted by Crippen LogP contribution is 2.20. The van der Waals surface area contributed by atoms with Crippen LogP contribution < -0.4 is 5.32 Å². The molecule has 1 aliphatic heterocycles. The van der Waals surface area contributed by atoms with E-state index in [9.17, 15) is 9.59 Å². The number of aryl methyl sites for hydroxylation is 3. The fraction of sp³-hybridized carbons (Fsp3) is 0.368. The molecular formula is C19H23N5O2. The van der Waals surface area contributed by atoms with Crippen molar-refractivity contribution in [3.05, 3.63) is 46.8 Å². The van der Waals surface area contributed by atoms with E-state index in [-0.39, 0.29) is 5.91 Å². The molecule has 1 N–H and O–H groups in total. The molecule has 1 saturated heterocycles. The topological polar surface area (TPSA) is 78.4 Å². The van der Waals surface area contributed by atoms with Crippen LogP contribution in [0.4, 0.5) is 11.6 Å². The first kappa shape index (κ1) is 17.8. The van der Waals surface area contributed by atoms with Gasteiger partial charge in [-0.1, -0.05) is 17.7 Å². The van der Waals surface area contributed by atoms with Crippen molar-refractivity contribution in [1.29, 1.82) is 0 Å². The number of aromatic nitrogens is 2. The molecule has 136 valence electrons. The minimum atomic E-state index is -0.135. The highest BCUT2D eigenvalue weighted by atomic mass is 16.2. The van der Waals surface area contributed by atoms with E-state index in [4.69, 9.17) is 0 Å². The number of benzene rings is 1. The molecule has 0 bridgehead atoms. The van der Waals surface area contributed by atoms with Crippen LogP contribution in [0.1, 0.15) is 27.3 Å². The Labute approximate surface area is 153 Å². The second-order valence-electron chi connectivity index (χ2n) is 6.60. The third kappa shape index (κ3) is 3.99. The molecule has 0 radical (unpaired) electrons. The lowest BCUT2D eigenvalue weighted by atomic mass is 10.1. The van der Waals surface area contributed by atoms with Crippen molar-refractivity contribution in [3.8, 4) is 0 Å². The predicted molar refractivity (Wildman–Crippen MR) is 99.5 cm³/mol. The Morgan fingerprint density at radius 3 is 2.46 bits per heavy atom. The van der Waals surface area contributed by atoms with E-state index in [0.29, 0.717) is 37.8 Å². The van der Waals surface area contributed by atoms with Gasteiger partial charge in [-0.2, -0.15) is 0 Å². The molecule has 0 spiro atoms. The lowest BCUT2D eigenvalue weighted by Crippen LogP contribution is -2.48. The van der Waals surface area contributed by atoms with Gasteiger partial charge in [-0.25, -0.2) is 9.97 Å². The van der Waals surface area contributed by atoms with Crippen LogP contribution in [-0.4, -0.2) is 58.3 Å². The summed E-state index contributed by atoms with van der Waals surface area (Å²) in [7, 11) is 0. The summed E-state index contributed by atoms with van der Waals surface area (Å²) in [6.07, 6.45) is 0.822. The summed E-state index contributed by atoms with van der Waals surface area (Å²) in [5.74, 6) is 0.275. The summed E-state index contributed by atoms with van der Waals surface area (Å²) in [6.45, 7) is 8.03. The number of hydrogen-bond acceptors (Lipinski definition) is 5. The maximum Gasteiger partial charge on any atom is 0.272 e. The Balaban J connectivity index is 1.79. The molecule has 1 fully saturated rings. The van der Waals surface area contributed by atoms with Crippen molar-refractivity contribution in [2.75, 3.05) is 31.5 Å². The van der Waals surface area contributed by atoms with Gasteiger partial charge in [-0.3, -0.25) is 9.59 Å². The number of carbonyl (C=O) groups excluding carboxylic acids is 2. The molecular weight excluding hydrogens is 330 g/mol. The van der Waals surface area contributed by atoms with Gasteiger partial charge in [0.05, 0.1) is 0 Å². The van der Waals surface area contributed by atoms with Gasteiger partial charge in [0.25, 0.3) is 5.91 Å². The van der Waals surface area contributed by atoms with Crippen LogP contribution in [-0.2, 0) is 4.79 Å².